The van der Waals surface area contributed by atoms with Crippen molar-refractivity contribution in [1.82, 2.24) is 0 Å². The maximum Gasteiger partial charge on any atom is 0.332 e. The molecular weight excluding hydrogens is 276 g/mol. The van der Waals surface area contributed by atoms with Crippen LogP contribution in [-0.2, 0) is 23.8 Å². The van der Waals surface area contributed by atoms with Crippen LogP contribution in [0, 0.1) is 5.92 Å². The normalized spacial score (nSPS) is 23.3. The summed E-state index contributed by atoms with van der Waals surface area (Å²) in [5.41, 5.74) is 0. The number of carboxylic acid groups (broad SMARTS) is 1. The molecule has 1 atom stereocenters. The largest absolute Gasteiger partial charge is 0.481 e. The van der Waals surface area contributed by atoms with Gasteiger partial charge < -0.3 is 19.3 Å². The quantitative estimate of drug-likeness (QED) is 0.400. The number of rotatable bonds is 9. The van der Waals surface area contributed by atoms with E-state index in [2.05, 4.69) is 6.58 Å². The molecule has 0 bridgehead atoms. The van der Waals surface area contributed by atoms with Gasteiger partial charge in [-0.1, -0.05) is 19.9 Å². The van der Waals surface area contributed by atoms with E-state index >= 15 is 0 Å². The monoisotopic (exact) mass is 300 g/mol. The van der Waals surface area contributed by atoms with Crippen LogP contribution >= 0.6 is 0 Å². The van der Waals surface area contributed by atoms with Gasteiger partial charge in [-0.2, -0.15) is 0 Å². The zero-order valence-electron chi connectivity index (χ0n) is 12.5. The predicted octanol–water partition coefficient (Wildman–Crippen LogP) is 2.48. The second-order valence-electron chi connectivity index (χ2n) is 5.12. The maximum atomic E-state index is 11.1. The topological polar surface area (TPSA) is 82.1 Å². The molecule has 1 aliphatic rings. The van der Waals surface area contributed by atoms with E-state index < -0.39 is 18.2 Å². The van der Waals surface area contributed by atoms with Crippen molar-refractivity contribution in [3.8, 4) is 0 Å². The summed E-state index contributed by atoms with van der Waals surface area (Å²) in [6.07, 6.45) is 4.58. The van der Waals surface area contributed by atoms with Crippen LogP contribution in [0.2, 0.25) is 0 Å². The average molecular weight is 300 g/mol. The van der Waals surface area contributed by atoms with Gasteiger partial charge in [-0.3, -0.25) is 4.79 Å². The van der Waals surface area contributed by atoms with Crippen LogP contribution in [0.15, 0.2) is 12.7 Å². The first-order chi connectivity index (χ1) is 10.1. The first kappa shape index (κ1) is 17.7. The molecule has 1 N–H and O–H groups in total. The fourth-order valence-corrected chi connectivity index (χ4v) is 2.28. The Morgan fingerprint density at radius 1 is 1.33 bits per heavy atom. The summed E-state index contributed by atoms with van der Waals surface area (Å²) in [5.74, 6) is -1.51. The third-order valence-electron chi connectivity index (χ3n) is 3.52. The van der Waals surface area contributed by atoms with Crippen LogP contribution < -0.4 is 0 Å². The molecule has 0 aromatic heterocycles. The lowest BCUT2D eigenvalue weighted by atomic mass is 9.87. The van der Waals surface area contributed by atoms with E-state index in [0.717, 1.165) is 12.5 Å². The molecule has 0 heterocycles. The van der Waals surface area contributed by atoms with Gasteiger partial charge in [-0.05, 0) is 25.7 Å². The number of aliphatic carboxylic acids is 1. The second kappa shape index (κ2) is 9.52. The van der Waals surface area contributed by atoms with Crippen molar-refractivity contribution in [2.45, 2.75) is 57.8 Å². The third-order valence-corrected chi connectivity index (χ3v) is 3.52. The lowest BCUT2D eigenvalue weighted by molar-refractivity contribution is -0.210. The Balaban J connectivity index is 2.23. The van der Waals surface area contributed by atoms with Gasteiger partial charge in [0.2, 0.25) is 6.29 Å². The van der Waals surface area contributed by atoms with E-state index in [0.29, 0.717) is 32.1 Å². The molecule has 6 heteroatoms. The Hall–Kier alpha value is -1.40. The molecule has 0 radical (unpaired) electrons. The molecule has 1 saturated carbocycles. The summed E-state index contributed by atoms with van der Waals surface area (Å²) >= 11 is 0. The minimum atomic E-state index is -0.732. The number of carbonyl (C=O) groups is 2. The highest BCUT2D eigenvalue weighted by Crippen LogP contribution is 2.26. The van der Waals surface area contributed by atoms with E-state index in [1.807, 2.05) is 6.92 Å². The average Bonchev–Trinajstić information content (AvgIpc) is 2.47. The molecule has 1 unspecified atom stereocenters. The number of esters is 1. The Morgan fingerprint density at radius 2 is 2.00 bits per heavy atom. The molecule has 0 aliphatic heterocycles. The van der Waals surface area contributed by atoms with Gasteiger partial charge >= 0.3 is 11.9 Å². The summed E-state index contributed by atoms with van der Waals surface area (Å²) in [6, 6.07) is 0. The summed E-state index contributed by atoms with van der Waals surface area (Å²) in [7, 11) is 0. The van der Waals surface area contributed by atoms with Gasteiger partial charge in [0, 0.05) is 12.5 Å². The zero-order chi connectivity index (χ0) is 15.7. The number of hydrogen-bond donors (Lipinski definition) is 1. The molecule has 0 amide bonds. The Labute approximate surface area is 125 Å². The van der Waals surface area contributed by atoms with Crippen molar-refractivity contribution in [2.75, 3.05) is 6.79 Å². The van der Waals surface area contributed by atoms with Crippen LogP contribution in [0.25, 0.3) is 0 Å². The Kier molecular flexibility index (Phi) is 8.00. The number of carbonyl (C=O) groups excluding carboxylic acids is 1. The maximum absolute atomic E-state index is 11.1. The lowest BCUT2D eigenvalue weighted by Gasteiger charge is -2.26. The lowest BCUT2D eigenvalue weighted by Crippen LogP contribution is -2.28. The molecule has 120 valence electrons. The molecular formula is C15H24O6. The highest BCUT2D eigenvalue weighted by atomic mass is 16.8. The van der Waals surface area contributed by atoms with E-state index in [1.54, 1.807) is 0 Å². The van der Waals surface area contributed by atoms with E-state index in [9.17, 15) is 9.59 Å². The molecule has 0 aromatic rings. The van der Waals surface area contributed by atoms with Gasteiger partial charge in [-0.15, -0.1) is 0 Å². The zero-order valence-corrected chi connectivity index (χ0v) is 12.5. The molecule has 6 nitrogen and oxygen atoms in total. The first-order valence-corrected chi connectivity index (χ1v) is 7.35. The highest BCUT2D eigenvalue weighted by molar-refractivity contribution is 5.81. The SMILES string of the molecule is C=CC(=O)OC(CCC)OCOC1CCC(C(=O)O)CC1. The van der Waals surface area contributed by atoms with Gasteiger partial charge in [0.05, 0.1) is 12.0 Å². The minimum Gasteiger partial charge on any atom is -0.481 e. The van der Waals surface area contributed by atoms with Crippen molar-refractivity contribution >= 4 is 11.9 Å². The second-order valence-corrected chi connectivity index (χ2v) is 5.12. The molecule has 0 aromatic carbocycles. The summed E-state index contributed by atoms with van der Waals surface area (Å²) < 4.78 is 16.0. The van der Waals surface area contributed by atoms with Crippen molar-refractivity contribution < 1.29 is 28.9 Å². The Morgan fingerprint density at radius 3 is 2.52 bits per heavy atom. The van der Waals surface area contributed by atoms with Crippen LogP contribution in [0.3, 0.4) is 0 Å². The number of hydrogen-bond acceptors (Lipinski definition) is 5. The third kappa shape index (κ3) is 6.73. The molecule has 21 heavy (non-hydrogen) atoms. The summed E-state index contributed by atoms with van der Waals surface area (Å²) in [4.78, 5) is 22.0. The van der Waals surface area contributed by atoms with Crippen molar-refractivity contribution in [3.63, 3.8) is 0 Å². The minimum absolute atomic E-state index is 0.0120. The number of carboxylic acids is 1. The molecule has 1 aliphatic carbocycles. The molecule has 1 rings (SSSR count). The van der Waals surface area contributed by atoms with Crippen LogP contribution in [0.4, 0.5) is 0 Å². The van der Waals surface area contributed by atoms with Gasteiger partial charge in [0.1, 0.15) is 0 Å². The highest BCUT2D eigenvalue weighted by Gasteiger charge is 2.26. The fraction of sp³-hybridized carbons (Fsp3) is 0.733. The van der Waals surface area contributed by atoms with Crippen LogP contribution in [0.5, 0.6) is 0 Å². The van der Waals surface area contributed by atoms with Gasteiger partial charge in [-0.25, -0.2) is 4.79 Å². The molecule has 0 spiro atoms. The Bertz CT molecular complexity index is 346. The van der Waals surface area contributed by atoms with E-state index in [1.165, 1.54) is 0 Å². The summed E-state index contributed by atoms with van der Waals surface area (Å²) in [5, 5.41) is 8.92. The molecule has 0 saturated heterocycles. The van der Waals surface area contributed by atoms with Crippen molar-refractivity contribution in [3.05, 3.63) is 12.7 Å². The van der Waals surface area contributed by atoms with Crippen LogP contribution in [-0.4, -0.2) is 36.2 Å². The molecule has 1 fully saturated rings. The van der Waals surface area contributed by atoms with Crippen LogP contribution in [0.1, 0.15) is 45.4 Å². The van der Waals surface area contributed by atoms with Crippen molar-refractivity contribution in [2.24, 2.45) is 5.92 Å². The standard InChI is InChI=1S/C15H24O6/c1-3-5-14(21-13(16)4-2)20-10-19-12-8-6-11(7-9-12)15(17)18/h4,11-12,14H,2-3,5-10H2,1H3,(H,17,18). The van der Waals surface area contributed by atoms with Gasteiger partial charge in [0.25, 0.3) is 0 Å². The van der Waals surface area contributed by atoms with Gasteiger partial charge in [0.15, 0.2) is 6.79 Å². The number of ether oxygens (including phenoxy) is 3. The summed E-state index contributed by atoms with van der Waals surface area (Å²) in [6.45, 7) is 5.34. The van der Waals surface area contributed by atoms with E-state index in [-0.39, 0.29) is 18.8 Å². The predicted molar refractivity (Wildman–Crippen MR) is 75.4 cm³/mol. The smallest absolute Gasteiger partial charge is 0.332 e. The van der Waals surface area contributed by atoms with Crippen molar-refractivity contribution in [1.29, 1.82) is 0 Å². The van der Waals surface area contributed by atoms with E-state index in [4.69, 9.17) is 19.3 Å². The first-order valence-electron chi connectivity index (χ1n) is 7.35. The fourth-order valence-electron chi connectivity index (χ4n) is 2.28.